The number of hydrogen-bond acceptors (Lipinski definition) is 1. The third-order valence-electron chi connectivity index (χ3n) is 1.62. The van der Waals surface area contributed by atoms with Gasteiger partial charge in [-0.1, -0.05) is 0 Å². The van der Waals surface area contributed by atoms with Gasteiger partial charge in [0.05, 0.1) is 0 Å². The summed E-state index contributed by atoms with van der Waals surface area (Å²) in [6, 6.07) is 0. The van der Waals surface area contributed by atoms with Crippen LogP contribution in [0.25, 0.3) is 0 Å². The Kier molecular flexibility index (Phi) is 3.97. The molecule has 0 amide bonds. The van der Waals surface area contributed by atoms with E-state index in [1.807, 2.05) is 0 Å². The van der Waals surface area contributed by atoms with Crippen LogP contribution in [0.4, 0.5) is 48.3 Å². The van der Waals surface area contributed by atoms with E-state index in [0.717, 1.165) is 0 Å². The molecule has 0 bridgehead atoms. The standard InChI is InChI=1S/C6F11O/c7-2(8)3(9,10)1(18)4(11,5(12,13)14)6(15,16)17. The second-order valence-corrected chi connectivity index (χ2v) is 2.82. The lowest BCUT2D eigenvalue weighted by molar-refractivity contribution is -0.330. The van der Waals surface area contributed by atoms with E-state index in [-0.39, 0.29) is 0 Å². The van der Waals surface area contributed by atoms with E-state index < -0.39 is 36.2 Å². The monoisotopic (exact) mass is 297 g/mol. The molecule has 0 aromatic rings. The highest BCUT2D eigenvalue weighted by atomic mass is 19.4. The predicted octanol–water partition coefficient (Wildman–Crippen LogP) is 3.45. The van der Waals surface area contributed by atoms with Gasteiger partial charge in [-0.15, -0.1) is 0 Å². The second-order valence-electron chi connectivity index (χ2n) is 2.82. The van der Waals surface area contributed by atoms with Crippen LogP contribution in [-0.4, -0.2) is 29.7 Å². The van der Waals surface area contributed by atoms with Gasteiger partial charge in [-0.25, -0.2) is 4.39 Å². The van der Waals surface area contributed by atoms with Gasteiger partial charge in [0.15, 0.2) is 0 Å². The van der Waals surface area contributed by atoms with Gasteiger partial charge in [0.1, 0.15) is 0 Å². The van der Waals surface area contributed by atoms with Crippen LogP contribution in [0.3, 0.4) is 0 Å². The Morgan fingerprint density at radius 2 is 0.944 bits per heavy atom. The summed E-state index contributed by atoms with van der Waals surface area (Å²) in [5.41, 5.74) is -7.09. The first-order chi connectivity index (χ1) is 7.60. The zero-order valence-corrected chi connectivity index (χ0v) is 7.57. The number of hydrogen-bond donors (Lipinski definition) is 0. The zero-order valence-electron chi connectivity index (χ0n) is 7.57. The first-order valence-electron chi connectivity index (χ1n) is 3.53. The molecule has 12 heteroatoms. The molecule has 0 aliphatic carbocycles. The zero-order chi connectivity index (χ0) is 15.2. The van der Waals surface area contributed by atoms with Crippen molar-refractivity contribution in [3.63, 3.8) is 0 Å². The molecule has 1 nitrogen and oxygen atoms in total. The predicted molar refractivity (Wildman–Crippen MR) is 31.4 cm³/mol. The normalized spacial score (nSPS) is 15.1. The molecule has 0 atom stereocenters. The fraction of sp³-hybridized carbons (Fsp3) is 0.667. The summed E-state index contributed by atoms with van der Waals surface area (Å²) in [4.78, 5) is 10.2. The number of carbonyl (C=O) groups excluding carboxylic acids is 1. The number of ketones is 1. The maximum absolute atomic E-state index is 12.6. The third-order valence-corrected chi connectivity index (χ3v) is 1.62. The average molecular weight is 297 g/mol. The molecule has 0 N–H and O–H groups in total. The van der Waals surface area contributed by atoms with Crippen molar-refractivity contribution < 1.29 is 53.1 Å². The summed E-state index contributed by atoms with van der Waals surface area (Å²) in [5, 5.41) is 0. The Hall–Kier alpha value is -1.10. The minimum atomic E-state index is -7.17. The van der Waals surface area contributed by atoms with E-state index in [1.165, 1.54) is 0 Å². The lowest BCUT2D eigenvalue weighted by Gasteiger charge is -2.30. The fourth-order valence-electron chi connectivity index (χ4n) is 0.720. The summed E-state index contributed by atoms with van der Waals surface area (Å²) in [6.07, 6.45) is -18.7. The van der Waals surface area contributed by atoms with Crippen molar-refractivity contribution in [2.24, 2.45) is 0 Å². The second kappa shape index (κ2) is 4.23. The molecule has 0 heterocycles. The van der Waals surface area contributed by atoms with Crippen LogP contribution in [0.15, 0.2) is 0 Å². The molecule has 0 saturated carbocycles. The van der Waals surface area contributed by atoms with E-state index in [1.54, 1.807) is 0 Å². The van der Waals surface area contributed by atoms with E-state index in [4.69, 9.17) is 0 Å². The van der Waals surface area contributed by atoms with E-state index in [9.17, 15) is 53.1 Å². The number of alkyl halides is 9. The van der Waals surface area contributed by atoms with Crippen LogP contribution < -0.4 is 0 Å². The van der Waals surface area contributed by atoms with Crippen molar-refractivity contribution in [2.45, 2.75) is 23.9 Å². The number of Topliss-reactive ketones (excluding diaryl/α,β-unsaturated/α-hetero) is 1. The first-order valence-corrected chi connectivity index (χ1v) is 3.53. The molecule has 1 radical (unpaired) electrons. The van der Waals surface area contributed by atoms with Crippen molar-refractivity contribution in [2.75, 3.05) is 0 Å². The van der Waals surface area contributed by atoms with Crippen LogP contribution in [0.2, 0.25) is 0 Å². The molecule has 0 aromatic carbocycles. The highest BCUT2D eigenvalue weighted by molar-refractivity contribution is 5.96. The van der Waals surface area contributed by atoms with Gasteiger partial charge >= 0.3 is 30.4 Å². The number of rotatable bonds is 3. The Morgan fingerprint density at radius 3 is 1.11 bits per heavy atom. The molecular weight excluding hydrogens is 297 g/mol. The van der Waals surface area contributed by atoms with Crippen LogP contribution in [-0.2, 0) is 4.79 Å². The molecule has 0 fully saturated rings. The minimum absolute atomic E-state index is 4.39. The Morgan fingerprint density at radius 1 is 0.667 bits per heavy atom. The van der Waals surface area contributed by atoms with Crippen LogP contribution in [0.1, 0.15) is 0 Å². The maximum atomic E-state index is 12.6. The highest BCUT2D eigenvalue weighted by Gasteiger charge is 2.82. The minimum Gasteiger partial charge on any atom is -0.288 e. The van der Waals surface area contributed by atoms with Crippen molar-refractivity contribution in [3.05, 3.63) is 6.43 Å². The molecular formula is C6F11O. The van der Waals surface area contributed by atoms with Crippen molar-refractivity contribution >= 4 is 5.78 Å². The molecule has 0 aliphatic rings. The molecule has 0 rings (SSSR count). The van der Waals surface area contributed by atoms with E-state index >= 15 is 0 Å². The van der Waals surface area contributed by atoms with Crippen LogP contribution in [0, 0.1) is 6.43 Å². The number of halogens is 11. The van der Waals surface area contributed by atoms with Crippen molar-refractivity contribution in [1.82, 2.24) is 0 Å². The fourth-order valence-corrected chi connectivity index (χ4v) is 0.720. The number of carbonyl (C=O) groups is 1. The van der Waals surface area contributed by atoms with Gasteiger partial charge in [0, 0.05) is 0 Å². The molecule has 18 heavy (non-hydrogen) atoms. The lowest BCUT2D eigenvalue weighted by Crippen LogP contribution is -2.63. The first kappa shape index (κ1) is 16.9. The lowest BCUT2D eigenvalue weighted by atomic mass is 9.94. The highest BCUT2D eigenvalue weighted by Crippen LogP contribution is 2.50. The molecule has 107 valence electrons. The summed E-state index contributed by atoms with van der Waals surface area (Å²) in [7, 11) is 0. The molecule has 0 aromatic heterocycles. The Bertz CT molecular complexity index is 309. The molecule has 0 aliphatic heterocycles. The van der Waals surface area contributed by atoms with Gasteiger partial charge in [-0.05, 0) is 0 Å². The average Bonchev–Trinajstić information content (AvgIpc) is 2.11. The Balaban J connectivity index is 5.90. The summed E-state index contributed by atoms with van der Waals surface area (Å²) in [5.74, 6) is -11.2. The van der Waals surface area contributed by atoms with Gasteiger partial charge in [0.2, 0.25) is 0 Å². The van der Waals surface area contributed by atoms with Crippen molar-refractivity contribution in [1.29, 1.82) is 0 Å². The molecule has 0 spiro atoms. The topological polar surface area (TPSA) is 17.1 Å². The van der Waals surface area contributed by atoms with E-state index in [2.05, 4.69) is 0 Å². The van der Waals surface area contributed by atoms with Gasteiger partial charge in [-0.3, -0.25) is 4.79 Å². The van der Waals surface area contributed by atoms with Gasteiger partial charge in [0.25, 0.3) is 5.78 Å². The largest absolute Gasteiger partial charge is 0.439 e. The van der Waals surface area contributed by atoms with Gasteiger partial charge in [-0.2, -0.15) is 43.9 Å². The smallest absolute Gasteiger partial charge is 0.288 e. The molecule has 0 unspecified atom stereocenters. The summed E-state index contributed by atoms with van der Waals surface area (Å²) < 4.78 is 130. The Labute approximate surface area is 90.5 Å². The maximum Gasteiger partial charge on any atom is 0.439 e. The molecule has 0 saturated heterocycles. The van der Waals surface area contributed by atoms with E-state index in [0.29, 0.717) is 0 Å². The summed E-state index contributed by atoms with van der Waals surface area (Å²) in [6.45, 7) is 0. The quantitative estimate of drug-likeness (QED) is 0.729. The van der Waals surface area contributed by atoms with Crippen LogP contribution >= 0.6 is 0 Å². The van der Waals surface area contributed by atoms with Crippen molar-refractivity contribution in [3.8, 4) is 0 Å². The van der Waals surface area contributed by atoms with Gasteiger partial charge < -0.3 is 0 Å². The third kappa shape index (κ3) is 2.36. The summed E-state index contributed by atoms with van der Waals surface area (Å²) >= 11 is 0. The van der Waals surface area contributed by atoms with Crippen LogP contribution in [0.5, 0.6) is 0 Å². The SMILES string of the molecule is O=C(C(F)(F)[C](F)F)C(F)(C(F)(F)F)C(F)(F)F.